The number of carboxylic acid groups (broad SMARTS) is 1. The predicted molar refractivity (Wildman–Crippen MR) is 122 cm³/mol. The summed E-state index contributed by atoms with van der Waals surface area (Å²) >= 11 is 0. The Morgan fingerprint density at radius 2 is 1.44 bits per heavy atom. The molecule has 34 heavy (non-hydrogen) atoms. The Balaban J connectivity index is 3.11. The number of amides is 4. The van der Waals surface area contributed by atoms with Gasteiger partial charge in [-0.25, -0.2) is 4.79 Å². The van der Waals surface area contributed by atoms with E-state index in [1.807, 2.05) is 0 Å². The molecular weight excluding hydrogens is 446 g/mol. The van der Waals surface area contributed by atoms with Gasteiger partial charge in [-0.15, -0.1) is 0 Å². The summed E-state index contributed by atoms with van der Waals surface area (Å²) in [7, 11) is 0. The van der Waals surface area contributed by atoms with Crippen molar-refractivity contribution in [2.45, 2.75) is 63.9 Å². The largest absolute Gasteiger partial charge is 0.480 e. The van der Waals surface area contributed by atoms with Crippen LogP contribution in [0.5, 0.6) is 0 Å². The third-order valence-electron chi connectivity index (χ3n) is 5.00. The normalized spacial score (nSPS) is 15.4. The Morgan fingerprint density at radius 3 is 1.91 bits per heavy atom. The molecule has 0 aliphatic rings. The number of rotatable bonds is 13. The lowest BCUT2D eigenvalue weighted by Crippen LogP contribution is -2.59. The molecule has 12 heteroatoms. The minimum atomic E-state index is -1.58. The first kappa shape index (κ1) is 28.5. The highest BCUT2D eigenvalue weighted by Gasteiger charge is 2.32. The number of aliphatic hydroxyl groups is 1. The molecule has 188 valence electrons. The van der Waals surface area contributed by atoms with E-state index in [1.54, 1.807) is 44.2 Å². The van der Waals surface area contributed by atoms with Crippen LogP contribution in [0.15, 0.2) is 30.3 Å². The van der Waals surface area contributed by atoms with Crippen molar-refractivity contribution in [3.8, 4) is 0 Å². The molecule has 0 spiro atoms. The average Bonchev–Trinajstić information content (AvgIpc) is 2.75. The van der Waals surface area contributed by atoms with Gasteiger partial charge in [-0.2, -0.15) is 0 Å². The van der Waals surface area contributed by atoms with Crippen LogP contribution in [0, 0.1) is 5.92 Å². The van der Waals surface area contributed by atoms with Crippen molar-refractivity contribution in [2.75, 3.05) is 0 Å². The minimum absolute atomic E-state index is 0.00722. The van der Waals surface area contributed by atoms with E-state index in [2.05, 4.69) is 16.0 Å². The van der Waals surface area contributed by atoms with Crippen LogP contribution in [0.2, 0.25) is 0 Å². The first-order chi connectivity index (χ1) is 15.8. The maximum Gasteiger partial charge on any atom is 0.326 e. The standard InChI is InChI=1S/C22H33N5O7/c1-11(2)18(27-20(31)17(24)12(3)28)21(32)25-14(9-13-7-5-4-6-8-13)19(30)26-15(22(33)34)10-16(23)29/h4-8,11-12,14-15,17-18,28H,9-10,24H2,1-3H3,(H2,23,29)(H,25,32)(H,26,30)(H,27,31)(H,33,34). The molecule has 0 fully saturated rings. The van der Waals surface area contributed by atoms with Gasteiger partial charge in [0.25, 0.3) is 0 Å². The fourth-order valence-corrected chi connectivity index (χ4v) is 3.00. The number of hydrogen-bond donors (Lipinski definition) is 7. The smallest absolute Gasteiger partial charge is 0.326 e. The van der Waals surface area contributed by atoms with Crippen molar-refractivity contribution < 1.29 is 34.2 Å². The predicted octanol–water partition coefficient (Wildman–Crippen LogP) is -1.99. The van der Waals surface area contributed by atoms with Gasteiger partial charge >= 0.3 is 5.97 Å². The number of aliphatic carboxylic acids is 1. The third-order valence-corrected chi connectivity index (χ3v) is 5.00. The van der Waals surface area contributed by atoms with Gasteiger partial charge in [-0.3, -0.25) is 19.2 Å². The van der Waals surface area contributed by atoms with E-state index in [9.17, 15) is 34.2 Å². The number of carbonyl (C=O) groups excluding carboxylic acids is 4. The van der Waals surface area contributed by atoms with E-state index >= 15 is 0 Å². The van der Waals surface area contributed by atoms with E-state index in [0.717, 1.165) is 0 Å². The number of hydrogen-bond acceptors (Lipinski definition) is 7. The third kappa shape index (κ3) is 9.16. The highest BCUT2D eigenvalue weighted by Crippen LogP contribution is 2.08. The second-order valence-corrected chi connectivity index (χ2v) is 8.32. The quantitative estimate of drug-likeness (QED) is 0.168. The molecule has 0 aliphatic heterocycles. The summed E-state index contributed by atoms with van der Waals surface area (Å²) in [5.41, 5.74) is 11.4. The molecule has 1 aromatic carbocycles. The van der Waals surface area contributed by atoms with Crippen LogP contribution in [0.3, 0.4) is 0 Å². The van der Waals surface area contributed by atoms with Crippen LogP contribution in [0.25, 0.3) is 0 Å². The Hall–Kier alpha value is -3.51. The van der Waals surface area contributed by atoms with Crippen LogP contribution in [-0.2, 0) is 30.4 Å². The topological polar surface area (TPSA) is 214 Å². The number of primary amides is 1. The lowest BCUT2D eigenvalue weighted by molar-refractivity contribution is -0.143. The van der Waals surface area contributed by atoms with Crippen molar-refractivity contribution in [3.05, 3.63) is 35.9 Å². The number of carbonyl (C=O) groups is 5. The fraction of sp³-hybridized carbons (Fsp3) is 0.500. The van der Waals surface area contributed by atoms with Gasteiger partial charge < -0.3 is 37.6 Å². The van der Waals surface area contributed by atoms with Gasteiger partial charge in [0.15, 0.2) is 0 Å². The summed E-state index contributed by atoms with van der Waals surface area (Å²) in [5.74, 6) is -5.10. The highest BCUT2D eigenvalue weighted by atomic mass is 16.4. The van der Waals surface area contributed by atoms with Gasteiger partial charge in [0.2, 0.25) is 23.6 Å². The Morgan fingerprint density at radius 1 is 0.882 bits per heavy atom. The molecule has 0 aliphatic carbocycles. The monoisotopic (exact) mass is 479 g/mol. The van der Waals surface area contributed by atoms with Crippen molar-refractivity contribution in [2.24, 2.45) is 17.4 Å². The molecule has 1 aromatic rings. The lowest BCUT2D eigenvalue weighted by atomic mass is 10.00. The molecule has 0 aromatic heterocycles. The Bertz CT molecular complexity index is 876. The lowest BCUT2D eigenvalue weighted by Gasteiger charge is -2.27. The van der Waals surface area contributed by atoms with Gasteiger partial charge in [0.1, 0.15) is 24.2 Å². The number of benzene rings is 1. The molecule has 5 atom stereocenters. The molecule has 9 N–H and O–H groups in total. The zero-order valence-electron chi connectivity index (χ0n) is 19.4. The summed E-state index contributed by atoms with van der Waals surface area (Å²) < 4.78 is 0. The van der Waals surface area contributed by atoms with Crippen LogP contribution < -0.4 is 27.4 Å². The van der Waals surface area contributed by atoms with E-state index in [4.69, 9.17) is 11.5 Å². The zero-order chi connectivity index (χ0) is 26.0. The fourth-order valence-electron chi connectivity index (χ4n) is 3.00. The molecule has 4 amide bonds. The molecule has 1 rings (SSSR count). The molecule has 0 radical (unpaired) electrons. The molecular formula is C22H33N5O7. The van der Waals surface area contributed by atoms with Crippen LogP contribution in [0.4, 0.5) is 0 Å². The van der Waals surface area contributed by atoms with Crippen molar-refractivity contribution in [3.63, 3.8) is 0 Å². The molecule has 12 nitrogen and oxygen atoms in total. The summed E-state index contributed by atoms with van der Waals surface area (Å²) in [5, 5.41) is 26.1. The minimum Gasteiger partial charge on any atom is -0.480 e. The SMILES string of the molecule is CC(C)C(NC(=O)C(N)C(C)O)C(=O)NC(Cc1ccccc1)C(=O)NC(CC(N)=O)C(=O)O. The summed E-state index contributed by atoms with van der Waals surface area (Å²) in [6, 6.07) is 3.49. The summed E-state index contributed by atoms with van der Waals surface area (Å²) in [6.45, 7) is 4.66. The second kappa shape index (κ2) is 13.3. The van der Waals surface area contributed by atoms with E-state index in [0.29, 0.717) is 5.56 Å². The van der Waals surface area contributed by atoms with E-state index < -0.39 is 72.2 Å². The second-order valence-electron chi connectivity index (χ2n) is 8.32. The average molecular weight is 480 g/mol. The maximum atomic E-state index is 13.0. The van der Waals surface area contributed by atoms with Gasteiger partial charge in [-0.05, 0) is 18.4 Å². The Kier molecular flexibility index (Phi) is 11.1. The highest BCUT2D eigenvalue weighted by molar-refractivity contribution is 5.95. The summed E-state index contributed by atoms with van der Waals surface area (Å²) in [6.07, 6.45) is -1.77. The van der Waals surface area contributed by atoms with E-state index in [1.165, 1.54) is 6.92 Å². The van der Waals surface area contributed by atoms with Crippen LogP contribution in [0.1, 0.15) is 32.8 Å². The van der Waals surface area contributed by atoms with Gasteiger partial charge in [0.05, 0.1) is 12.5 Å². The molecule has 0 bridgehead atoms. The van der Waals surface area contributed by atoms with Crippen molar-refractivity contribution >= 4 is 29.6 Å². The Labute approximate surface area is 197 Å². The molecule has 0 heterocycles. The molecule has 0 saturated heterocycles. The first-order valence-electron chi connectivity index (χ1n) is 10.7. The van der Waals surface area contributed by atoms with Crippen molar-refractivity contribution in [1.29, 1.82) is 0 Å². The number of nitrogens with two attached hydrogens (primary N) is 2. The first-order valence-corrected chi connectivity index (χ1v) is 10.7. The molecule has 0 saturated carbocycles. The zero-order valence-corrected chi connectivity index (χ0v) is 19.4. The number of aliphatic hydroxyl groups excluding tert-OH is 1. The number of carboxylic acids is 1. The van der Waals surface area contributed by atoms with Crippen LogP contribution >= 0.6 is 0 Å². The van der Waals surface area contributed by atoms with E-state index in [-0.39, 0.29) is 6.42 Å². The van der Waals surface area contributed by atoms with Crippen LogP contribution in [-0.4, -0.2) is 70.1 Å². The van der Waals surface area contributed by atoms with Gasteiger partial charge in [0, 0.05) is 6.42 Å². The number of nitrogens with one attached hydrogen (secondary N) is 3. The van der Waals surface area contributed by atoms with Crippen molar-refractivity contribution in [1.82, 2.24) is 16.0 Å². The molecule has 5 unspecified atom stereocenters. The maximum absolute atomic E-state index is 13.0. The van der Waals surface area contributed by atoms with Gasteiger partial charge in [-0.1, -0.05) is 44.2 Å². The summed E-state index contributed by atoms with van der Waals surface area (Å²) in [4.78, 5) is 60.8.